The molecule has 0 aliphatic carbocycles. The summed E-state index contributed by atoms with van der Waals surface area (Å²) in [4.78, 5) is 33.5. The molecule has 0 saturated carbocycles. The lowest BCUT2D eigenvalue weighted by Gasteiger charge is -2.11. The van der Waals surface area contributed by atoms with E-state index in [9.17, 15) is 9.59 Å². The Balaban J connectivity index is 1.61. The lowest BCUT2D eigenvalue weighted by molar-refractivity contribution is -0.140. The van der Waals surface area contributed by atoms with Crippen LogP contribution in [0.4, 0.5) is 0 Å². The number of carbonyl (C=O) groups excluding carboxylic acids is 2. The molecular formula is C26H29N5O4. The van der Waals surface area contributed by atoms with Gasteiger partial charge in [0.2, 0.25) is 5.88 Å². The Kier molecular flexibility index (Phi) is 8.91. The molecule has 35 heavy (non-hydrogen) atoms. The number of carbonyl (C=O) groups is 2. The number of amides is 1. The van der Waals surface area contributed by atoms with Crippen LogP contribution in [-0.2, 0) is 20.9 Å². The number of rotatable bonds is 11. The number of esters is 1. The second kappa shape index (κ2) is 12.3. The van der Waals surface area contributed by atoms with Gasteiger partial charge in [-0.15, -0.1) is 0 Å². The minimum atomic E-state index is -0.330. The highest BCUT2D eigenvalue weighted by Gasteiger charge is 2.18. The lowest BCUT2D eigenvalue weighted by Crippen LogP contribution is -2.24. The van der Waals surface area contributed by atoms with Gasteiger partial charge in [0.25, 0.3) is 5.91 Å². The predicted octanol–water partition coefficient (Wildman–Crippen LogP) is 3.38. The molecule has 0 unspecified atom stereocenters. The molecule has 0 aliphatic heterocycles. The zero-order chi connectivity index (χ0) is 25.2. The Morgan fingerprint density at radius 1 is 1.14 bits per heavy atom. The first kappa shape index (κ1) is 25.4. The molecule has 0 fully saturated rings. The van der Waals surface area contributed by atoms with Crippen LogP contribution in [-0.4, -0.2) is 40.3 Å². The lowest BCUT2D eigenvalue weighted by atomic mass is 10.1. The SMILES string of the molecule is C=Cc1c(/C(=C\C)C(=O)NCc2ccc(ONCCC(=O)OC)nc2)cnn1-c1ccc(C)cc1. The van der Waals surface area contributed by atoms with E-state index in [1.54, 1.807) is 41.4 Å². The number of hydrogen-bond donors (Lipinski definition) is 2. The summed E-state index contributed by atoms with van der Waals surface area (Å²) in [5.41, 5.74) is 7.42. The van der Waals surface area contributed by atoms with Crippen LogP contribution in [0.3, 0.4) is 0 Å². The van der Waals surface area contributed by atoms with Crippen molar-refractivity contribution in [2.24, 2.45) is 0 Å². The zero-order valence-electron chi connectivity index (χ0n) is 20.1. The normalized spacial score (nSPS) is 11.1. The fourth-order valence-corrected chi connectivity index (χ4v) is 3.30. The van der Waals surface area contributed by atoms with Crippen molar-refractivity contribution < 1.29 is 19.2 Å². The second-order valence-electron chi connectivity index (χ2n) is 7.61. The highest BCUT2D eigenvalue weighted by molar-refractivity contribution is 6.20. The standard InChI is InChI=1S/C26H29N5O4/c1-5-21(22-17-29-31(23(22)6-2)20-10-7-18(3)8-11-20)26(33)28-16-19-9-12-24(27-15-19)35-30-14-13-25(32)34-4/h5-12,15,17,30H,2,13-14,16H2,1,3-4H3,(H,28,33)/b21-5+. The molecule has 3 aromatic rings. The van der Waals surface area contributed by atoms with Gasteiger partial charge in [0.1, 0.15) is 0 Å². The molecule has 0 aliphatic rings. The van der Waals surface area contributed by atoms with E-state index in [4.69, 9.17) is 4.84 Å². The van der Waals surface area contributed by atoms with Crippen LogP contribution < -0.4 is 15.6 Å². The first-order chi connectivity index (χ1) is 17.0. The molecule has 1 aromatic carbocycles. The van der Waals surface area contributed by atoms with Gasteiger partial charge in [-0.05, 0) is 37.6 Å². The van der Waals surface area contributed by atoms with Gasteiger partial charge in [-0.3, -0.25) is 9.59 Å². The molecule has 0 saturated heterocycles. The van der Waals surface area contributed by atoms with Crippen LogP contribution in [0.2, 0.25) is 0 Å². The van der Waals surface area contributed by atoms with Gasteiger partial charge in [-0.25, -0.2) is 9.67 Å². The monoisotopic (exact) mass is 475 g/mol. The number of aromatic nitrogens is 3. The van der Waals surface area contributed by atoms with Crippen molar-refractivity contribution in [1.82, 2.24) is 25.6 Å². The van der Waals surface area contributed by atoms with Crippen molar-refractivity contribution in [3.8, 4) is 11.6 Å². The van der Waals surface area contributed by atoms with E-state index in [0.29, 0.717) is 23.6 Å². The number of methoxy groups -OCH3 is 1. The van der Waals surface area contributed by atoms with Gasteiger partial charge < -0.3 is 14.9 Å². The predicted molar refractivity (Wildman–Crippen MR) is 133 cm³/mol. The van der Waals surface area contributed by atoms with Crippen molar-refractivity contribution >= 4 is 23.5 Å². The Morgan fingerprint density at radius 2 is 1.91 bits per heavy atom. The zero-order valence-corrected chi connectivity index (χ0v) is 20.1. The third-order valence-electron chi connectivity index (χ3n) is 5.19. The molecule has 2 aromatic heterocycles. The summed E-state index contributed by atoms with van der Waals surface area (Å²) in [7, 11) is 1.33. The van der Waals surface area contributed by atoms with Gasteiger partial charge in [-0.2, -0.15) is 10.6 Å². The van der Waals surface area contributed by atoms with E-state index in [1.807, 2.05) is 38.1 Å². The largest absolute Gasteiger partial charge is 0.469 e. The number of nitrogens with zero attached hydrogens (tertiary/aromatic N) is 3. The van der Waals surface area contributed by atoms with Crippen LogP contribution in [0.15, 0.2) is 61.4 Å². The van der Waals surface area contributed by atoms with Crippen molar-refractivity contribution in [3.63, 3.8) is 0 Å². The Morgan fingerprint density at radius 3 is 2.54 bits per heavy atom. The highest BCUT2D eigenvalue weighted by Crippen LogP contribution is 2.24. The van der Waals surface area contributed by atoms with E-state index in [2.05, 4.69) is 32.2 Å². The summed E-state index contributed by atoms with van der Waals surface area (Å²) in [6.07, 6.45) is 6.92. The first-order valence-corrected chi connectivity index (χ1v) is 11.1. The van der Waals surface area contributed by atoms with Crippen LogP contribution in [0.1, 0.15) is 35.7 Å². The van der Waals surface area contributed by atoms with Gasteiger partial charge in [-0.1, -0.05) is 36.4 Å². The number of aryl methyl sites for hydroxylation is 1. The average Bonchev–Trinajstić information content (AvgIpc) is 3.30. The third kappa shape index (κ3) is 6.64. The van der Waals surface area contributed by atoms with Crippen molar-refractivity contribution in [2.45, 2.75) is 26.8 Å². The summed E-state index contributed by atoms with van der Waals surface area (Å²) >= 11 is 0. The van der Waals surface area contributed by atoms with Gasteiger partial charge >= 0.3 is 5.97 Å². The fourth-order valence-electron chi connectivity index (χ4n) is 3.30. The maximum absolute atomic E-state index is 13.0. The van der Waals surface area contributed by atoms with Gasteiger partial charge in [0.05, 0.1) is 31.1 Å². The Labute approximate surface area is 204 Å². The van der Waals surface area contributed by atoms with Crippen molar-refractivity contribution in [1.29, 1.82) is 0 Å². The molecule has 0 spiro atoms. The fraction of sp³-hybridized carbons (Fsp3) is 0.231. The molecule has 2 N–H and O–H groups in total. The van der Waals surface area contributed by atoms with Gasteiger partial charge in [0.15, 0.2) is 0 Å². The quantitative estimate of drug-likeness (QED) is 0.189. The molecule has 0 bridgehead atoms. The molecule has 9 heteroatoms. The molecule has 0 radical (unpaired) electrons. The number of hydroxylamine groups is 1. The topological polar surface area (TPSA) is 107 Å². The maximum Gasteiger partial charge on any atom is 0.306 e. The Hall–Kier alpha value is -4.24. The number of benzene rings is 1. The van der Waals surface area contributed by atoms with Gasteiger partial charge in [0, 0.05) is 36.5 Å². The average molecular weight is 476 g/mol. The summed E-state index contributed by atoms with van der Waals surface area (Å²) < 4.78 is 6.32. The van der Waals surface area contributed by atoms with Crippen LogP contribution in [0, 0.1) is 6.92 Å². The third-order valence-corrected chi connectivity index (χ3v) is 5.19. The molecule has 9 nitrogen and oxygen atoms in total. The Bertz CT molecular complexity index is 1200. The number of ether oxygens (including phenoxy) is 1. The summed E-state index contributed by atoms with van der Waals surface area (Å²) in [5, 5.41) is 7.40. The van der Waals surface area contributed by atoms with E-state index in [1.165, 1.54) is 7.11 Å². The van der Waals surface area contributed by atoms with Crippen molar-refractivity contribution in [2.75, 3.05) is 13.7 Å². The summed E-state index contributed by atoms with van der Waals surface area (Å²) in [6.45, 7) is 8.34. The highest BCUT2D eigenvalue weighted by atomic mass is 16.7. The van der Waals surface area contributed by atoms with E-state index in [-0.39, 0.29) is 24.8 Å². The maximum atomic E-state index is 13.0. The number of pyridine rings is 1. The molecule has 3 rings (SSSR count). The number of hydrogen-bond acceptors (Lipinski definition) is 7. The molecular weight excluding hydrogens is 446 g/mol. The minimum absolute atomic E-state index is 0.186. The van der Waals surface area contributed by atoms with Crippen LogP contribution in [0.25, 0.3) is 17.3 Å². The van der Waals surface area contributed by atoms with Crippen LogP contribution in [0.5, 0.6) is 5.88 Å². The number of nitrogens with one attached hydrogen (secondary N) is 2. The van der Waals surface area contributed by atoms with E-state index in [0.717, 1.165) is 22.5 Å². The van der Waals surface area contributed by atoms with Crippen molar-refractivity contribution in [3.05, 3.63) is 83.8 Å². The molecule has 1 amide bonds. The van der Waals surface area contributed by atoms with E-state index < -0.39 is 0 Å². The molecule has 182 valence electrons. The minimum Gasteiger partial charge on any atom is -0.469 e. The van der Waals surface area contributed by atoms with E-state index >= 15 is 0 Å². The first-order valence-electron chi connectivity index (χ1n) is 11.1. The summed E-state index contributed by atoms with van der Waals surface area (Å²) in [6, 6.07) is 11.4. The second-order valence-corrected chi connectivity index (χ2v) is 7.61. The molecule has 0 atom stereocenters. The smallest absolute Gasteiger partial charge is 0.306 e. The number of allylic oxidation sites excluding steroid dienone is 1. The molecule has 2 heterocycles. The van der Waals surface area contributed by atoms with Crippen LogP contribution >= 0.6 is 0 Å². The summed E-state index contributed by atoms with van der Waals surface area (Å²) in [5.74, 6) is -0.217.